The minimum atomic E-state index is -5.08. The maximum absolute atomic E-state index is 13.9. The Kier molecular flexibility index (Phi) is 9.79. The first kappa shape index (κ1) is 34.2. The van der Waals surface area contributed by atoms with Crippen LogP contribution >= 0.6 is 15.9 Å². The highest BCUT2D eigenvalue weighted by atomic mass is 79.9. The number of ether oxygens (including phenoxy) is 1. The highest BCUT2D eigenvalue weighted by Crippen LogP contribution is 2.37. The zero-order chi connectivity index (χ0) is 32.7. The van der Waals surface area contributed by atoms with Gasteiger partial charge in [0.25, 0.3) is 0 Å². The van der Waals surface area contributed by atoms with Gasteiger partial charge in [0.15, 0.2) is 0 Å². The number of benzene rings is 2. The molecule has 242 valence electrons. The number of hydrogen-bond acceptors (Lipinski definition) is 7. The van der Waals surface area contributed by atoms with E-state index in [-0.39, 0.29) is 36.7 Å². The van der Waals surface area contributed by atoms with Crippen LogP contribution in [0.1, 0.15) is 52.0 Å². The van der Waals surface area contributed by atoms with Crippen LogP contribution in [0.15, 0.2) is 61.6 Å². The maximum atomic E-state index is 13.9. The van der Waals surface area contributed by atoms with Gasteiger partial charge >= 0.3 is 12.3 Å². The predicted molar refractivity (Wildman–Crippen MR) is 157 cm³/mol. The first-order chi connectivity index (χ1) is 20.3. The molecule has 10 nitrogen and oxygen atoms in total. The van der Waals surface area contributed by atoms with Crippen LogP contribution in [0.3, 0.4) is 0 Å². The van der Waals surface area contributed by atoms with Gasteiger partial charge in [-0.15, -0.1) is 0 Å². The largest absolute Gasteiger partial charge is 0.444 e. The summed E-state index contributed by atoms with van der Waals surface area (Å²) in [5.41, 5.74) is -2.24. The number of hydrogen-bond donors (Lipinski definition) is 1. The van der Waals surface area contributed by atoms with Crippen molar-refractivity contribution in [1.82, 2.24) is 14.5 Å². The summed E-state index contributed by atoms with van der Waals surface area (Å²) in [5, 5.41) is 0. The summed E-state index contributed by atoms with van der Waals surface area (Å²) in [4.78, 5) is 26.7. The van der Waals surface area contributed by atoms with Gasteiger partial charge in [-0.2, -0.15) is 13.2 Å². The van der Waals surface area contributed by atoms with Crippen LogP contribution in [0.25, 0.3) is 0 Å². The van der Waals surface area contributed by atoms with E-state index in [0.717, 1.165) is 6.07 Å². The zero-order valence-corrected chi connectivity index (χ0v) is 27.4. The van der Waals surface area contributed by atoms with Crippen molar-refractivity contribution in [2.75, 3.05) is 19.6 Å². The van der Waals surface area contributed by atoms with Crippen molar-refractivity contribution in [3.05, 3.63) is 52.5 Å². The summed E-state index contributed by atoms with van der Waals surface area (Å²) < 4.78 is 103. The number of amides is 2. The summed E-state index contributed by atoms with van der Waals surface area (Å²) in [6, 6.07) is 5.65. The van der Waals surface area contributed by atoms with E-state index in [1.54, 1.807) is 26.8 Å². The van der Waals surface area contributed by atoms with Crippen molar-refractivity contribution < 1.29 is 44.3 Å². The molecule has 16 heteroatoms. The number of halogens is 4. The summed E-state index contributed by atoms with van der Waals surface area (Å²) in [6.07, 6.45) is -4.42. The summed E-state index contributed by atoms with van der Waals surface area (Å²) in [7, 11) is -9.21. The first-order valence-electron chi connectivity index (χ1n) is 13.8. The van der Waals surface area contributed by atoms with Gasteiger partial charge < -0.3 is 9.64 Å². The Balaban J connectivity index is 1.50. The van der Waals surface area contributed by atoms with E-state index in [4.69, 9.17) is 4.74 Å². The quantitative estimate of drug-likeness (QED) is 0.446. The Bertz CT molecular complexity index is 1640. The number of sulfone groups is 1. The molecule has 2 aliphatic rings. The Hall–Kier alpha value is -2.69. The van der Waals surface area contributed by atoms with E-state index < -0.39 is 65.2 Å². The highest BCUT2D eigenvalue weighted by molar-refractivity contribution is 9.10. The normalized spacial score (nSPS) is 18.8. The van der Waals surface area contributed by atoms with E-state index >= 15 is 0 Å². The number of likely N-dealkylation sites (tertiary alicyclic amines) is 2. The summed E-state index contributed by atoms with van der Waals surface area (Å²) in [6.45, 7) is 5.73. The van der Waals surface area contributed by atoms with Crippen LogP contribution in [-0.2, 0) is 35.6 Å². The maximum Gasteiger partial charge on any atom is 0.417 e. The van der Waals surface area contributed by atoms with Crippen LogP contribution in [0, 0.1) is 0 Å². The fourth-order valence-electron chi connectivity index (χ4n) is 5.17. The lowest BCUT2D eigenvalue weighted by atomic mass is 10.0. The number of nitrogens with one attached hydrogen (secondary N) is 1. The molecule has 0 radical (unpaired) electrons. The van der Waals surface area contributed by atoms with E-state index in [1.807, 2.05) is 0 Å². The molecular formula is C28H33BrF3N3O7S2. The van der Waals surface area contributed by atoms with Gasteiger partial charge in [-0.3, -0.25) is 9.69 Å². The summed E-state index contributed by atoms with van der Waals surface area (Å²) >= 11 is 3.15. The van der Waals surface area contributed by atoms with Crippen molar-refractivity contribution in [3.8, 4) is 0 Å². The van der Waals surface area contributed by atoms with Gasteiger partial charge in [-0.1, -0.05) is 22.0 Å². The molecule has 2 aromatic carbocycles. The van der Waals surface area contributed by atoms with Crippen molar-refractivity contribution in [3.63, 3.8) is 0 Å². The molecule has 0 aliphatic carbocycles. The second kappa shape index (κ2) is 12.6. The minimum absolute atomic E-state index is 0.0987. The van der Waals surface area contributed by atoms with Gasteiger partial charge in [-0.25, -0.2) is 26.4 Å². The second-order valence-corrected chi connectivity index (χ2v) is 16.2. The second-order valence-electron chi connectivity index (χ2n) is 11.7. The fraction of sp³-hybridized carbons (Fsp3) is 0.500. The van der Waals surface area contributed by atoms with Crippen molar-refractivity contribution in [1.29, 1.82) is 0 Å². The van der Waals surface area contributed by atoms with E-state index in [2.05, 4.69) is 20.7 Å². The van der Waals surface area contributed by atoms with E-state index in [0.29, 0.717) is 36.0 Å². The van der Waals surface area contributed by atoms with Crippen molar-refractivity contribution in [2.45, 2.75) is 85.0 Å². The topological polar surface area (TPSA) is 130 Å². The molecule has 2 fully saturated rings. The predicted octanol–water partition coefficient (Wildman–Crippen LogP) is 4.97. The standard InChI is InChI=1S/C28H33BrF3N3O7S2/c1-27(2,3)42-26(37)35-13-5-8-23(35)25(36)34-14-11-19(12-15-34)33-44(40,41)24-17-21(9-10-22(24)28(30,31)32)43(38,39)20-7-4-6-18(29)16-20/h4,6-7,9-10,16-17,19,23,33H,5,8,11-15H2,1-3H3/t23-/m0/s1. The number of carbonyl (C=O) groups excluding carboxylic acids is 2. The van der Waals surface area contributed by atoms with Crippen molar-refractivity contribution in [2.24, 2.45) is 0 Å². The molecule has 44 heavy (non-hydrogen) atoms. The van der Waals surface area contributed by atoms with Crippen LogP contribution in [0.4, 0.5) is 18.0 Å². The van der Waals surface area contributed by atoms with Crippen molar-refractivity contribution >= 4 is 47.8 Å². The Morgan fingerprint density at radius 2 is 1.57 bits per heavy atom. The molecule has 2 saturated heterocycles. The molecule has 0 spiro atoms. The van der Waals surface area contributed by atoms with Gasteiger partial charge in [0.2, 0.25) is 25.8 Å². The lowest BCUT2D eigenvalue weighted by Crippen LogP contribution is -2.53. The van der Waals surface area contributed by atoms with Gasteiger partial charge in [0.05, 0.1) is 20.2 Å². The number of alkyl halides is 3. The minimum Gasteiger partial charge on any atom is -0.444 e. The molecule has 0 saturated carbocycles. The molecule has 4 rings (SSSR count). The molecule has 2 aliphatic heterocycles. The molecule has 1 atom stereocenters. The molecule has 0 unspecified atom stereocenters. The Labute approximate surface area is 263 Å². The monoisotopic (exact) mass is 723 g/mol. The third-order valence-corrected chi connectivity index (χ3v) is 11.1. The van der Waals surface area contributed by atoms with Crippen LogP contribution in [-0.4, -0.2) is 76.0 Å². The SMILES string of the molecule is CC(C)(C)OC(=O)N1CCC[C@H]1C(=O)N1CCC(NS(=O)(=O)c2cc(S(=O)(=O)c3cccc(Br)c3)ccc2C(F)(F)F)CC1. The third kappa shape index (κ3) is 7.74. The van der Waals surface area contributed by atoms with Gasteiger partial charge in [-0.05, 0) is 82.9 Å². The van der Waals surface area contributed by atoms with Crippen LogP contribution in [0.2, 0.25) is 0 Å². The van der Waals surface area contributed by atoms with Gasteiger partial charge in [0.1, 0.15) is 11.6 Å². The van der Waals surface area contributed by atoms with E-state index in [1.165, 1.54) is 28.0 Å². The number of nitrogens with zero attached hydrogens (tertiary/aromatic N) is 2. The number of carbonyl (C=O) groups is 2. The van der Waals surface area contributed by atoms with Gasteiger partial charge in [0, 0.05) is 30.1 Å². The zero-order valence-electron chi connectivity index (χ0n) is 24.2. The first-order valence-corrected chi connectivity index (χ1v) is 17.6. The molecule has 1 N–H and O–H groups in total. The fourth-order valence-corrected chi connectivity index (χ4v) is 8.68. The molecule has 0 aromatic heterocycles. The number of rotatable bonds is 6. The third-order valence-electron chi connectivity index (χ3n) is 7.26. The Morgan fingerprint density at radius 1 is 0.932 bits per heavy atom. The molecule has 2 aromatic rings. The van der Waals surface area contributed by atoms with Crippen LogP contribution < -0.4 is 4.72 Å². The summed E-state index contributed by atoms with van der Waals surface area (Å²) in [5.74, 6) is -0.306. The lowest BCUT2D eigenvalue weighted by Gasteiger charge is -2.36. The smallest absolute Gasteiger partial charge is 0.417 e. The number of sulfonamides is 1. The molecule has 2 heterocycles. The molecular weight excluding hydrogens is 691 g/mol. The number of piperidine rings is 1. The molecule has 2 amide bonds. The van der Waals surface area contributed by atoms with Crippen LogP contribution in [0.5, 0.6) is 0 Å². The average Bonchev–Trinajstić information content (AvgIpc) is 3.41. The highest BCUT2D eigenvalue weighted by Gasteiger charge is 2.41. The average molecular weight is 725 g/mol. The Morgan fingerprint density at radius 3 is 2.16 bits per heavy atom. The lowest BCUT2D eigenvalue weighted by molar-refractivity contribution is -0.140. The molecule has 0 bridgehead atoms. The van der Waals surface area contributed by atoms with E-state index in [9.17, 15) is 39.6 Å².